The van der Waals surface area contributed by atoms with E-state index in [1.807, 2.05) is 0 Å². The molecule has 0 aromatic heterocycles. The SMILES string of the molecule is C[C@H](NC(=O)[C@@H]1CCCO1)c1ccc(OC(F)(F)F)cc1. The molecule has 1 N–H and O–H groups in total. The fourth-order valence-electron chi connectivity index (χ4n) is 2.13. The van der Waals surface area contributed by atoms with E-state index in [0.717, 1.165) is 6.42 Å². The Hall–Kier alpha value is -1.76. The van der Waals surface area contributed by atoms with Crippen LogP contribution in [-0.2, 0) is 9.53 Å². The Bertz CT molecular complexity index is 481. The lowest BCUT2D eigenvalue weighted by Gasteiger charge is -2.17. The highest BCUT2D eigenvalue weighted by Crippen LogP contribution is 2.24. The van der Waals surface area contributed by atoms with Crippen molar-refractivity contribution in [2.24, 2.45) is 0 Å². The summed E-state index contributed by atoms with van der Waals surface area (Å²) in [5, 5.41) is 2.78. The number of hydrogen-bond acceptors (Lipinski definition) is 3. The number of amides is 1. The van der Waals surface area contributed by atoms with Gasteiger partial charge >= 0.3 is 6.36 Å². The molecule has 1 aromatic rings. The molecular weight excluding hydrogens is 287 g/mol. The molecule has 1 heterocycles. The highest BCUT2D eigenvalue weighted by molar-refractivity contribution is 5.81. The maximum Gasteiger partial charge on any atom is 0.573 e. The standard InChI is InChI=1S/C14H16F3NO3/c1-9(18-13(19)12-3-2-8-20-12)10-4-6-11(7-5-10)21-14(15,16)17/h4-7,9,12H,2-3,8H2,1H3,(H,18,19)/t9-,12-/m0/s1. The van der Waals surface area contributed by atoms with Gasteiger partial charge in [0.05, 0.1) is 6.04 Å². The summed E-state index contributed by atoms with van der Waals surface area (Å²) in [4.78, 5) is 11.9. The molecule has 1 aliphatic heterocycles. The summed E-state index contributed by atoms with van der Waals surface area (Å²) in [5.74, 6) is -0.487. The van der Waals surface area contributed by atoms with Crippen LogP contribution in [0, 0.1) is 0 Å². The van der Waals surface area contributed by atoms with Crippen molar-refractivity contribution < 1.29 is 27.4 Å². The lowest BCUT2D eigenvalue weighted by Crippen LogP contribution is -2.35. The zero-order valence-electron chi connectivity index (χ0n) is 11.4. The van der Waals surface area contributed by atoms with Crippen LogP contribution in [-0.4, -0.2) is 25.0 Å². The maximum atomic E-state index is 12.1. The molecule has 2 atom stereocenters. The highest BCUT2D eigenvalue weighted by Gasteiger charge is 2.31. The third kappa shape index (κ3) is 4.63. The first kappa shape index (κ1) is 15.6. The van der Waals surface area contributed by atoms with Crippen molar-refractivity contribution in [3.8, 4) is 5.75 Å². The first-order chi connectivity index (χ1) is 9.85. The van der Waals surface area contributed by atoms with Gasteiger partial charge in [-0.1, -0.05) is 12.1 Å². The molecule has 0 aliphatic carbocycles. The Morgan fingerprint density at radius 1 is 1.38 bits per heavy atom. The van der Waals surface area contributed by atoms with Gasteiger partial charge in [0, 0.05) is 6.61 Å². The van der Waals surface area contributed by atoms with Crippen LogP contribution in [0.3, 0.4) is 0 Å². The first-order valence-corrected chi connectivity index (χ1v) is 6.63. The molecule has 4 nitrogen and oxygen atoms in total. The zero-order valence-corrected chi connectivity index (χ0v) is 11.4. The summed E-state index contributed by atoms with van der Waals surface area (Å²) in [5.41, 5.74) is 0.691. The van der Waals surface area contributed by atoms with Crippen LogP contribution in [0.2, 0.25) is 0 Å². The van der Waals surface area contributed by atoms with Crippen molar-refractivity contribution >= 4 is 5.91 Å². The number of carbonyl (C=O) groups excluding carboxylic acids is 1. The van der Waals surface area contributed by atoms with E-state index in [9.17, 15) is 18.0 Å². The Morgan fingerprint density at radius 2 is 2.05 bits per heavy atom. The zero-order chi connectivity index (χ0) is 15.5. The van der Waals surface area contributed by atoms with Crippen molar-refractivity contribution in [3.05, 3.63) is 29.8 Å². The fraction of sp³-hybridized carbons (Fsp3) is 0.500. The topological polar surface area (TPSA) is 47.6 Å². The molecule has 21 heavy (non-hydrogen) atoms. The maximum absolute atomic E-state index is 12.1. The van der Waals surface area contributed by atoms with Gasteiger partial charge < -0.3 is 14.8 Å². The van der Waals surface area contributed by atoms with Gasteiger partial charge in [-0.05, 0) is 37.5 Å². The summed E-state index contributed by atoms with van der Waals surface area (Å²) in [6.07, 6.45) is -3.59. The molecule has 0 bridgehead atoms. The second kappa shape index (κ2) is 6.34. The van der Waals surface area contributed by atoms with E-state index in [2.05, 4.69) is 10.1 Å². The second-order valence-electron chi connectivity index (χ2n) is 4.85. The number of alkyl halides is 3. The number of rotatable bonds is 4. The average Bonchev–Trinajstić information content (AvgIpc) is 2.91. The first-order valence-electron chi connectivity index (χ1n) is 6.63. The van der Waals surface area contributed by atoms with E-state index in [4.69, 9.17) is 4.74 Å². The number of halogens is 3. The van der Waals surface area contributed by atoms with Crippen LogP contribution in [0.25, 0.3) is 0 Å². The molecule has 1 aromatic carbocycles. The van der Waals surface area contributed by atoms with Crippen molar-refractivity contribution in [2.45, 2.75) is 38.3 Å². The molecule has 0 unspecified atom stereocenters. The van der Waals surface area contributed by atoms with Crippen molar-refractivity contribution in [1.82, 2.24) is 5.32 Å². The predicted molar refractivity (Wildman–Crippen MR) is 68.7 cm³/mol. The van der Waals surface area contributed by atoms with E-state index in [0.29, 0.717) is 18.6 Å². The molecule has 1 fully saturated rings. The van der Waals surface area contributed by atoms with Crippen LogP contribution in [0.15, 0.2) is 24.3 Å². The van der Waals surface area contributed by atoms with Crippen molar-refractivity contribution in [1.29, 1.82) is 0 Å². The predicted octanol–water partition coefficient (Wildman–Crippen LogP) is 2.94. The van der Waals surface area contributed by atoms with Gasteiger partial charge in [0.2, 0.25) is 5.91 Å². The van der Waals surface area contributed by atoms with Crippen LogP contribution in [0.5, 0.6) is 5.75 Å². The van der Waals surface area contributed by atoms with Crippen LogP contribution in [0.1, 0.15) is 31.4 Å². The molecule has 7 heteroatoms. The lowest BCUT2D eigenvalue weighted by atomic mass is 10.1. The van der Waals surface area contributed by atoms with Gasteiger partial charge in [-0.3, -0.25) is 4.79 Å². The van der Waals surface area contributed by atoms with Crippen LogP contribution >= 0.6 is 0 Å². The molecule has 1 saturated heterocycles. The molecule has 1 aliphatic rings. The quantitative estimate of drug-likeness (QED) is 0.930. The second-order valence-corrected chi connectivity index (χ2v) is 4.85. The number of benzene rings is 1. The number of hydrogen-bond donors (Lipinski definition) is 1. The summed E-state index contributed by atoms with van der Waals surface area (Å²) in [6, 6.07) is 5.10. The summed E-state index contributed by atoms with van der Waals surface area (Å²) < 4.78 is 45.2. The van der Waals surface area contributed by atoms with Crippen molar-refractivity contribution in [2.75, 3.05) is 6.61 Å². The third-order valence-corrected chi connectivity index (χ3v) is 3.19. The Morgan fingerprint density at radius 3 is 2.57 bits per heavy atom. The van der Waals surface area contributed by atoms with E-state index >= 15 is 0 Å². The Labute approximate surface area is 120 Å². The summed E-state index contributed by atoms with van der Waals surface area (Å²) >= 11 is 0. The molecule has 116 valence electrons. The Balaban J connectivity index is 1.93. The summed E-state index contributed by atoms with van der Waals surface area (Å²) in [7, 11) is 0. The van der Waals surface area contributed by atoms with Gasteiger partial charge in [-0.2, -0.15) is 0 Å². The largest absolute Gasteiger partial charge is 0.573 e. The molecule has 0 saturated carbocycles. The van der Waals surface area contributed by atoms with Crippen molar-refractivity contribution in [3.63, 3.8) is 0 Å². The molecule has 2 rings (SSSR count). The molecule has 0 spiro atoms. The average molecular weight is 303 g/mol. The van der Waals surface area contributed by atoms with E-state index in [1.54, 1.807) is 6.92 Å². The van der Waals surface area contributed by atoms with Crippen LogP contribution < -0.4 is 10.1 Å². The molecule has 1 amide bonds. The minimum absolute atomic E-state index is 0.199. The number of nitrogens with one attached hydrogen (secondary N) is 1. The van der Waals surface area contributed by atoms with Gasteiger partial charge in [-0.25, -0.2) is 0 Å². The highest BCUT2D eigenvalue weighted by atomic mass is 19.4. The number of carbonyl (C=O) groups is 1. The molecule has 0 radical (unpaired) electrons. The summed E-state index contributed by atoms with van der Waals surface area (Å²) in [6.45, 7) is 2.34. The lowest BCUT2D eigenvalue weighted by molar-refractivity contribution is -0.274. The molecular formula is C14H16F3NO3. The fourth-order valence-corrected chi connectivity index (χ4v) is 2.13. The van der Waals surface area contributed by atoms with E-state index in [-0.39, 0.29) is 17.7 Å². The monoisotopic (exact) mass is 303 g/mol. The normalized spacial score (nSPS) is 20.1. The number of ether oxygens (including phenoxy) is 2. The van der Waals surface area contributed by atoms with Gasteiger partial charge in [0.1, 0.15) is 11.9 Å². The third-order valence-electron chi connectivity index (χ3n) is 3.19. The van der Waals surface area contributed by atoms with E-state index < -0.39 is 12.5 Å². The minimum Gasteiger partial charge on any atom is -0.406 e. The Kier molecular flexibility index (Phi) is 4.72. The van der Waals surface area contributed by atoms with Gasteiger partial charge in [0.25, 0.3) is 0 Å². The van der Waals surface area contributed by atoms with Crippen LogP contribution in [0.4, 0.5) is 13.2 Å². The minimum atomic E-state index is -4.71. The smallest absolute Gasteiger partial charge is 0.406 e. The van der Waals surface area contributed by atoms with Gasteiger partial charge in [-0.15, -0.1) is 13.2 Å². The van der Waals surface area contributed by atoms with Gasteiger partial charge in [0.15, 0.2) is 0 Å². The van der Waals surface area contributed by atoms with E-state index in [1.165, 1.54) is 24.3 Å².